The maximum Gasteiger partial charge on any atom is 0.426 e. The van der Waals surface area contributed by atoms with Gasteiger partial charge in [0.2, 0.25) is 0 Å². The van der Waals surface area contributed by atoms with Crippen molar-refractivity contribution in [2.24, 2.45) is 4.99 Å². The molecule has 0 bridgehead atoms. The van der Waals surface area contributed by atoms with Gasteiger partial charge in [-0.05, 0) is 42.7 Å². The van der Waals surface area contributed by atoms with Crippen LogP contribution in [0.3, 0.4) is 0 Å². The van der Waals surface area contributed by atoms with Crippen LogP contribution in [0.2, 0.25) is 0 Å². The first kappa shape index (κ1) is 23.2. The van der Waals surface area contributed by atoms with Crippen molar-refractivity contribution in [2.45, 2.75) is 31.0 Å². The molecule has 2 N–H and O–H groups in total. The summed E-state index contributed by atoms with van der Waals surface area (Å²) in [5.41, 5.74) is -2.41. The monoisotopic (exact) mass is 451 g/mol. The smallest absolute Gasteiger partial charge is 0.426 e. The van der Waals surface area contributed by atoms with Gasteiger partial charge in [0, 0.05) is 18.7 Å². The molecule has 0 saturated heterocycles. The number of aliphatic imine (C=N–C) groups is 1. The number of fused-ring (bicyclic) bond motifs is 1. The summed E-state index contributed by atoms with van der Waals surface area (Å²) in [6.45, 7) is 1.02. The number of amides is 2. The summed E-state index contributed by atoms with van der Waals surface area (Å²) in [4.78, 5) is 29.2. The average Bonchev–Trinajstić information content (AvgIpc) is 3.15. The van der Waals surface area contributed by atoms with E-state index >= 15 is 0 Å². The molecule has 0 spiro atoms. The lowest BCUT2D eigenvalue weighted by Gasteiger charge is -2.34. The maximum absolute atomic E-state index is 14.2. The van der Waals surface area contributed by atoms with Gasteiger partial charge in [-0.2, -0.15) is 13.2 Å². The minimum atomic E-state index is -5.26. The van der Waals surface area contributed by atoms with Crippen LogP contribution in [-0.4, -0.2) is 37.5 Å². The molecular formula is C22H21F4N3O3. The lowest BCUT2D eigenvalue weighted by molar-refractivity contribution is -0.214. The van der Waals surface area contributed by atoms with Gasteiger partial charge in [-0.1, -0.05) is 30.3 Å². The molecular weight excluding hydrogens is 430 g/mol. The first-order chi connectivity index (χ1) is 15.2. The number of urea groups is 1. The van der Waals surface area contributed by atoms with Crippen molar-refractivity contribution in [3.63, 3.8) is 0 Å². The molecule has 2 atom stereocenters. The molecule has 2 amide bonds. The highest BCUT2D eigenvalue weighted by Gasteiger charge is 2.64. The van der Waals surface area contributed by atoms with Gasteiger partial charge in [-0.25, -0.2) is 14.0 Å². The highest BCUT2D eigenvalue weighted by Crippen LogP contribution is 2.40. The molecule has 3 rings (SSSR count). The number of carbonyl (C=O) groups excluding carboxylic acids is 2. The predicted molar refractivity (Wildman–Crippen MR) is 109 cm³/mol. The molecule has 1 aliphatic rings. The van der Waals surface area contributed by atoms with Crippen LogP contribution in [0.4, 0.5) is 28.0 Å². The molecule has 0 aromatic heterocycles. The van der Waals surface area contributed by atoms with Gasteiger partial charge >= 0.3 is 18.2 Å². The molecule has 0 radical (unpaired) electrons. The molecule has 2 aromatic carbocycles. The molecule has 170 valence electrons. The van der Waals surface area contributed by atoms with Gasteiger partial charge in [0.05, 0.1) is 12.3 Å². The van der Waals surface area contributed by atoms with Gasteiger partial charge in [-0.15, -0.1) is 0 Å². The number of esters is 1. The first-order valence-corrected chi connectivity index (χ1v) is 9.88. The maximum atomic E-state index is 14.2. The number of ether oxygens (including phenoxy) is 1. The predicted octanol–water partition coefficient (Wildman–Crippen LogP) is 4.34. The van der Waals surface area contributed by atoms with E-state index in [2.05, 4.69) is 15.0 Å². The van der Waals surface area contributed by atoms with Crippen molar-refractivity contribution in [1.29, 1.82) is 0 Å². The fourth-order valence-electron chi connectivity index (χ4n) is 3.49. The SMILES string of the molecule is CCOC(=O)C(NC(=O)NCCC1C=Nc2ccccc21)(c1ccc(F)cc1)C(F)(F)F. The fraction of sp³-hybridized carbons (Fsp3) is 0.318. The quantitative estimate of drug-likeness (QED) is 0.486. The Morgan fingerprint density at radius 3 is 2.44 bits per heavy atom. The Kier molecular flexibility index (Phi) is 6.81. The summed E-state index contributed by atoms with van der Waals surface area (Å²) >= 11 is 0. The zero-order valence-corrected chi connectivity index (χ0v) is 17.1. The number of alkyl halides is 3. The lowest BCUT2D eigenvalue weighted by atomic mass is 9.89. The second-order valence-electron chi connectivity index (χ2n) is 7.09. The standard InChI is InChI=1S/C22H21F4N3O3/c1-2-32-19(30)21(22(24,25)26,15-7-9-16(23)10-8-15)29-20(31)27-12-11-14-13-28-18-6-4-3-5-17(14)18/h3-10,13-14H,2,11-12H2,1H3,(H2,27,29,31). The van der Waals surface area contributed by atoms with Crippen LogP contribution in [0.1, 0.15) is 30.4 Å². The van der Waals surface area contributed by atoms with E-state index in [4.69, 9.17) is 0 Å². The largest absolute Gasteiger partial charge is 0.464 e. The molecule has 0 fully saturated rings. The highest BCUT2D eigenvalue weighted by molar-refractivity contribution is 5.89. The van der Waals surface area contributed by atoms with Gasteiger partial charge in [0.15, 0.2) is 0 Å². The number of nitrogens with zero attached hydrogens (tertiary/aromatic N) is 1. The molecule has 2 unspecified atom stereocenters. The molecule has 32 heavy (non-hydrogen) atoms. The van der Waals surface area contributed by atoms with Crippen LogP contribution < -0.4 is 10.6 Å². The second-order valence-corrected chi connectivity index (χ2v) is 7.09. The Bertz CT molecular complexity index is 1010. The zero-order valence-electron chi connectivity index (χ0n) is 17.1. The van der Waals surface area contributed by atoms with Gasteiger partial charge < -0.3 is 15.4 Å². The third kappa shape index (κ3) is 4.58. The van der Waals surface area contributed by atoms with E-state index in [1.807, 2.05) is 24.3 Å². The molecule has 10 heteroatoms. The van der Waals surface area contributed by atoms with Crippen LogP contribution in [0, 0.1) is 5.82 Å². The number of hydrogen-bond acceptors (Lipinski definition) is 4. The van der Waals surface area contributed by atoms with E-state index < -0.39 is 35.1 Å². The highest BCUT2D eigenvalue weighted by atomic mass is 19.4. The summed E-state index contributed by atoms with van der Waals surface area (Å²) in [5, 5.41) is 4.08. The van der Waals surface area contributed by atoms with Crippen LogP contribution in [0.25, 0.3) is 0 Å². The van der Waals surface area contributed by atoms with Crippen LogP contribution in [0.5, 0.6) is 0 Å². The van der Waals surface area contributed by atoms with Crippen LogP contribution in [0.15, 0.2) is 53.5 Å². The van der Waals surface area contributed by atoms with E-state index in [0.29, 0.717) is 6.42 Å². The number of benzene rings is 2. The van der Waals surface area contributed by atoms with E-state index in [1.165, 1.54) is 6.92 Å². The minimum absolute atomic E-state index is 0.0248. The van der Waals surface area contributed by atoms with Crippen molar-refractivity contribution < 1.29 is 31.9 Å². The first-order valence-electron chi connectivity index (χ1n) is 9.88. The third-order valence-corrected chi connectivity index (χ3v) is 5.06. The van der Waals surface area contributed by atoms with Crippen molar-refractivity contribution in [2.75, 3.05) is 13.2 Å². The van der Waals surface area contributed by atoms with E-state index in [-0.39, 0.29) is 19.1 Å². The topological polar surface area (TPSA) is 79.8 Å². The second kappa shape index (κ2) is 9.37. The fourth-order valence-corrected chi connectivity index (χ4v) is 3.49. The lowest BCUT2D eigenvalue weighted by Crippen LogP contribution is -2.63. The Hall–Kier alpha value is -3.43. The summed E-state index contributed by atoms with van der Waals surface area (Å²) in [5.74, 6) is -2.61. The molecule has 1 aliphatic heterocycles. The van der Waals surface area contributed by atoms with Crippen molar-refractivity contribution >= 4 is 23.9 Å². The van der Waals surface area contributed by atoms with E-state index in [9.17, 15) is 27.2 Å². The molecule has 6 nitrogen and oxygen atoms in total. The molecule has 2 aromatic rings. The number of nitrogens with one attached hydrogen (secondary N) is 2. The third-order valence-electron chi connectivity index (χ3n) is 5.06. The molecule has 0 aliphatic carbocycles. The van der Waals surface area contributed by atoms with Crippen LogP contribution >= 0.6 is 0 Å². The van der Waals surface area contributed by atoms with E-state index in [0.717, 1.165) is 35.5 Å². The summed E-state index contributed by atoms with van der Waals surface area (Å²) in [6.07, 6.45) is -3.16. The summed E-state index contributed by atoms with van der Waals surface area (Å²) < 4.78 is 60.5. The average molecular weight is 451 g/mol. The Labute approximate surface area is 181 Å². The number of para-hydroxylation sites is 1. The van der Waals surface area contributed by atoms with Crippen LogP contribution in [-0.2, 0) is 15.1 Å². The number of hydrogen-bond donors (Lipinski definition) is 2. The normalized spacial score (nSPS) is 16.7. The number of carbonyl (C=O) groups is 2. The number of rotatable bonds is 7. The minimum Gasteiger partial charge on any atom is -0.464 e. The zero-order chi connectivity index (χ0) is 23.4. The summed E-state index contributed by atoms with van der Waals surface area (Å²) in [7, 11) is 0. The molecule has 1 heterocycles. The summed E-state index contributed by atoms with van der Waals surface area (Å²) in [6, 6.07) is 9.30. The number of halogens is 4. The van der Waals surface area contributed by atoms with Gasteiger partial charge in [0.1, 0.15) is 5.82 Å². The van der Waals surface area contributed by atoms with Gasteiger partial charge in [0.25, 0.3) is 5.54 Å². The van der Waals surface area contributed by atoms with Gasteiger partial charge in [-0.3, -0.25) is 4.99 Å². The van der Waals surface area contributed by atoms with Crippen molar-refractivity contribution in [1.82, 2.24) is 10.6 Å². The van der Waals surface area contributed by atoms with E-state index in [1.54, 1.807) is 11.5 Å². The Morgan fingerprint density at radius 2 is 1.78 bits per heavy atom. The Morgan fingerprint density at radius 1 is 1.09 bits per heavy atom. The van der Waals surface area contributed by atoms with Crippen molar-refractivity contribution in [3.05, 3.63) is 65.5 Å². The Balaban J connectivity index is 1.77. The molecule has 0 saturated carbocycles. The van der Waals surface area contributed by atoms with Crippen molar-refractivity contribution in [3.8, 4) is 0 Å².